The van der Waals surface area contributed by atoms with Gasteiger partial charge in [-0.15, -0.1) is 0 Å². The summed E-state index contributed by atoms with van der Waals surface area (Å²) >= 11 is 0. The van der Waals surface area contributed by atoms with Crippen LogP contribution in [0.25, 0.3) is 0 Å². The zero-order chi connectivity index (χ0) is 9.80. The van der Waals surface area contributed by atoms with Gasteiger partial charge in [-0.05, 0) is 18.4 Å². The standard InChI is InChI=1S/C12H14N2/c13-9-8-11-6-7-12(14-11)10-4-2-1-3-5-10/h1-5,11-12,14H,6-8H2/t11-,12-/m0/s1. The molecule has 2 heteroatoms. The topological polar surface area (TPSA) is 35.8 Å². The maximum absolute atomic E-state index is 8.59. The number of nitrogens with one attached hydrogen (secondary N) is 1. The Morgan fingerprint density at radius 1 is 1.29 bits per heavy atom. The first-order valence-electron chi connectivity index (χ1n) is 5.08. The third-order valence-electron chi connectivity index (χ3n) is 2.78. The van der Waals surface area contributed by atoms with E-state index in [1.165, 1.54) is 5.56 Å². The molecule has 1 aromatic carbocycles. The van der Waals surface area contributed by atoms with Crippen LogP contribution >= 0.6 is 0 Å². The third-order valence-corrected chi connectivity index (χ3v) is 2.78. The second kappa shape index (κ2) is 4.26. The molecule has 1 aliphatic rings. The van der Waals surface area contributed by atoms with E-state index in [4.69, 9.17) is 5.26 Å². The first kappa shape index (κ1) is 9.23. The number of rotatable bonds is 2. The van der Waals surface area contributed by atoms with Crippen LogP contribution in [0.5, 0.6) is 0 Å². The molecule has 0 unspecified atom stereocenters. The van der Waals surface area contributed by atoms with Gasteiger partial charge >= 0.3 is 0 Å². The van der Waals surface area contributed by atoms with E-state index in [0.29, 0.717) is 18.5 Å². The van der Waals surface area contributed by atoms with Crippen molar-refractivity contribution in [2.45, 2.75) is 31.3 Å². The fraction of sp³-hybridized carbons (Fsp3) is 0.417. The summed E-state index contributed by atoms with van der Waals surface area (Å²) < 4.78 is 0. The number of nitrogens with zero attached hydrogens (tertiary/aromatic N) is 1. The normalized spacial score (nSPS) is 25.9. The molecule has 0 aromatic heterocycles. The van der Waals surface area contributed by atoms with E-state index >= 15 is 0 Å². The van der Waals surface area contributed by atoms with Crippen LogP contribution < -0.4 is 5.32 Å². The molecule has 2 atom stereocenters. The van der Waals surface area contributed by atoms with Crippen molar-refractivity contribution in [3.05, 3.63) is 35.9 Å². The van der Waals surface area contributed by atoms with Crippen molar-refractivity contribution >= 4 is 0 Å². The van der Waals surface area contributed by atoms with E-state index < -0.39 is 0 Å². The minimum Gasteiger partial charge on any atom is -0.306 e. The predicted molar refractivity (Wildman–Crippen MR) is 55.6 cm³/mol. The molecule has 1 saturated heterocycles. The summed E-state index contributed by atoms with van der Waals surface area (Å²) in [6, 6.07) is 13.5. The van der Waals surface area contributed by atoms with Crippen LogP contribution in [0.15, 0.2) is 30.3 Å². The van der Waals surface area contributed by atoms with Crippen LogP contribution in [0.4, 0.5) is 0 Å². The summed E-state index contributed by atoms with van der Waals surface area (Å²) in [5.41, 5.74) is 1.34. The van der Waals surface area contributed by atoms with Gasteiger partial charge < -0.3 is 5.32 Å². The Morgan fingerprint density at radius 2 is 2.07 bits per heavy atom. The molecule has 0 aliphatic carbocycles. The van der Waals surface area contributed by atoms with Crippen molar-refractivity contribution < 1.29 is 0 Å². The lowest BCUT2D eigenvalue weighted by Gasteiger charge is -2.12. The number of benzene rings is 1. The first-order valence-corrected chi connectivity index (χ1v) is 5.08. The summed E-state index contributed by atoms with van der Waals surface area (Å²) in [6.07, 6.45) is 2.90. The van der Waals surface area contributed by atoms with Crippen LogP contribution in [0, 0.1) is 11.3 Å². The van der Waals surface area contributed by atoms with Crippen molar-refractivity contribution in [2.24, 2.45) is 0 Å². The van der Waals surface area contributed by atoms with E-state index in [0.717, 1.165) is 12.8 Å². The molecule has 0 amide bonds. The van der Waals surface area contributed by atoms with Crippen molar-refractivity contribution in [2.75, 3.05) is 0 Å². The molecule has 1 heterocycles. The van der Waals surface area contributed by atoms with Crippen LogP contribution in [0.2, 0.25) is 0 Å². The predicted octanol–water partition coefficient (Wildman–Crippen LogP) is 2.39. The highest BCUT2D eigenvalue weighted by atomic mass is 15.0. The van der Waals surface area contributed by atoms with E-state index in [1.54, 1.807) is 0 Å². The lowest BCUT2D eigenvalue weighted by Crippen LogP contribution is -2.23. The highest BCUT2D eigenvalue weighted by Crippen LogP contribution is 2.27. The molecule has 1 aromatic rings. The highest BCUT2D eigenvalue weighted by Gasteiger charge is 2.23. The molecule has 0 radical (unpaired) electrons. The quantitative estimate of drug-likeness (QED) is 0.769. The van der Waals surface area contributed by atoms with E-state index in [1.807, 2.05) is 6.07 Å². The fourth-order valence-electron chi connectivity index (χ4n) is 2.04. The molecular formula is C12H14N2. The molecule has 2 nitrogen and oxygen atoms in total. The molecule has 0 bridgehead atoms. The Balaban J connectivity index is 2.00. The van der Waals surface area contributed by atoms with Crippen molar-refractivity contribution in [1.82, 2.24) is 5.32 Å². The monoisotopic (exact) mass is 186 g/mol. The smallest absolute Gasteiger partial charge is 0.0638 e. The molecule has 14 heavy (non-hydrogen) atoms. The van der Waals surface area contributed by atoms with Crippen LogP contribution in [-0.2, 0) is 0 Å². The average molecular weight is 186 g/mol. The van der Waals surface area contributed by atoms with Crippen molar-refractivity contribution in [3.8, 4) is 6.07 Å². The Morgan fingerprint density at radius 3 is 2.79 bits per heavy atom. The molecule has 0 spiro atoms. The zero-order valence-corrected chi connectivity index (χ0v) is 8.11. The van der Waals surface area contributed by atoms with E-state index in [-0.39, 0.29) is 0 Å². The van der Waals surface area contributed by atoms with E-state index in [2.05, 4.69) is 35.7 Å². The summed E-state index contributed by atoms with van der Waals surface area (Å²) in [4.78, 5) is 0. The lowest BCUT2D eigenvalue weighted by atomic mass is 10.1. The van der Waals surface area contributed by atoms with Gasteiger partial charge in [-0.1, -0.05) is 30.3 Å². The minimum atomic E-state index is 0.394. The van der Waals surface area contributed by atoms with Crippen molar-refractivity contribution in [3.63, 3.8) is 0 Å². The summed E-state index contributed by atoms with van der Waals surface area (Å²) in [5.74, 6) is 0. The number of hydrogen-bond donors (Lipinski definition) is 1. The van der Waals surface area contributed by atoms with Crippen LogP contribution in [-0.4, -0.2) is 6.04 Å². The van der Waals surface area contributed by atoms with Crippen molar-refractivity contribution in [1.29, 1.82) is 5.26 Å². The van der Waals surface area contributed by atoms with Gasteiger partial charge in [0.15, 0.2) is 0 Å². The molecule has 2 rings (SSSR count). The highest BCUT2D eigenvalue weighted by molar-refractivity contribution is 5.20. The average Bonchev–Trinajstić information content (AvgIpc) is 2.68. The second-order valence-electron chi connectivity index (χ2n) is 3.77. The SMILES string of the molecule is N#CC[C@@H]1CC[C@@H](c2ccccc2)N1. The Labute approximate surface area is 84.6 Å². The first-order chi connectivity index (χ1) is 6.90. The summed E-state index contributed by atoms with van der Waals surface area (Å²) in [5, 5.41) is 12.1. The summed E-state index contributed by atoms with van der Waals surface area (Å²) in [7, 11) is 0. The van der Waals surface area contributed by atoms with Gasteiger partial charge in [0.1, 0.15) is 0 Å². The molecule has 1 aliphatic heterocycles. The van der Waals surface area contributed by atoms with Gasteiger partial charge in [0.2, 0.25) is 0 Å². The molecular weight excluding hydrogens is 172 g/mol. The van der Waals surface area contributed by atoms with Gasteiger partial charge in [0.25, 0.3) is 0 Å². The summed E-state index contributed by atoms with van der Waals surface area (Å²) in [6.45, 7) is 0. The van der Waals surface area contributed by atoms with Crippen LogP contribution in [0.3, 0.4) is 0 Å². The van der Waals surface area contributed by atoms with Gasteiger partial charge in [-0.3, -0.25) is 0 Å². The van der Waals surface area contributed by atoms with Gasteiger partial charge in [0.05, 0.1) is 12.5 Å². The second-order valence-corrected chi connectivity index (χ2v) is 3.77. The molecule has 1 N–H and O–H groups in total. The van der Waals surface area contributed by atoms with E-state index in [9.17, 15) is 0 Å². The lowest BCUT2D eigenvalue weighted by molar-refractivity contribution is 0.560. The number of nitriles is 1. The third kappa shape index (κ3) is 1.94. The molecule has 72 valence electrons. The van der Waals surface area contributed by atoms with Gasteiger partial charge in [-0.25, -0.2) is 0 Å². The Kier molecular flexibility index (Phi) is 2.81. The maximum atomic E-state index is 8.59. The van der Waals surface area contributed by atoms with Gasteiger partial charge in [0, 0.05) is 12.1 Å². The maximum Gasteiger partial charge on any atom is 0.0638 e. The molecule has 0 saturated carbocycles. The largest absolute Gasteiger partial charge is 0.306 e. The van der Waals surface area contributed by atoms with Crippen LogP contribution in [0.1, 0.15) is 30.9 Å². The molecule has 1 fully saturated rings. The minimum absolute atomic E-state index is 0.394. The number of hydrogen-bond acceptors (Lipinski definition) is 2. The van der Waals surface area contributed by atoms with Gasteiger partial charge in [-0.2, -0.15) is 5.26 Å². The Bertz CT molecular complexity index is 326. The fourth-order valence-corrected chi connectivity index (χ4v) is 2.04. The Hall–Kier alpha value is -1.33. The zero-order valence-electron chi connectivity index (χ0n) is 8.11.